The van der Waals surface area contributed by atoms with Crippen LogP contribution in [0.1, 0.15) is 58.8 Å². The van der Waals surface area contributed by atoms with Crippen molar-refractivity contribution in [2.24, 2.45) is 17.6 Å². The summed E-state index contributed by atoms with van der Waals surface area (Å²) < 4.78 is 0. The van der Waals surface area contributed by atoms with Crippen molar-refractivity contribution in [2.45, 2.75) is 64.8 Å². The quantitative estimate of drug-likeness (QED) is 0.784. The SMILES string of the molecule is CCCC(C)CC(=O)NC1CCCCC1CN.Cl. The molecular formula is C14H29ClN2O. The summed E-state index contributed by atoms with van der Waals surface area (Å²) >= 11 is 0. The van der Waals surface area contributed by atoms with Crippen LogP contribution in [0.25, 0.3) is 0 Å². The van der Waals surface area contributed by atoms with E-state index in [2.05, 4.69) is 19.2 Å². The number of hydrogen-bond acceptors (Lipinski definition) is 2. The monoisotopic (exact) mass is 276 g/mol. The maximum atomic E-state index is 11.9. The van der Waals surface area contributed by atoms with Crippen LogP contribution in [0.2, 0.25) is 0 Å². The van der Waals surface area contributed by atoms with Crippen LogP contribution in [-0.2, 0) is 4.79 Å². The van der Waals surface area contributed by atoms with Crippen molar-refractivity contribution in [3.63, 3.8) is 0 Å². The summed E-state index contributed by atoms with van der Waals surface area (Å²) in [4.78, 5) is 11.9. The first-order valence-corrected chi connectivity index (χ1v) is 7.16. The highest BCUT2D eigenvalue weighted by molar-refractivity contribution is 5.85. The zero-order valence-corrected chi connectivity index (χ0v) is 12.6. The van der Waals surface area contributed by atoms with E-state index < -0.39 is 0 Å². The Morgan fingerprint density at radius 3 is 2.67 bits per heavy atom. The second-order valence-electron chi connectivity index (χ2n) is 5.55. The Morgan fingerprint density at radius 2 is 2.06 bits per heavy atom. The predicted octanol–water partition coefficient (Wildman–Crippen LogP) is 2.87. The van der Waals surface area contributed by atoms with E-state index in [-0.39, 0.29) is 18.3 Å². The fourth-order valence-electron chi connectivity index (χ4n) is 2.86. The third kappa shape index (κ3) is 6.05. The fourth-order valence-corrected chi connectivity index (χ4v) is 2.86. The molecule has 4 heteroatoms. The fraction of sp³-hybridized carbons (Fsp3) is 0.929. The summed E-state index contributed by atoms with van der Waals surface area (Å²) in [5.41, 5.74) is 5.77. The summed E-state index contributed by atoms with van der Waals surface area (Å²) in [6.07, 6.45) is 7.73. The third-order valence-corrected chi connectivity index (χ3v) is 3.87. The Labute approximate surface area is 118 Å². The van der Waals surface area contributed by atoms with Crippen molar-refractivity contribution in [3.8, 4) is 0 Å². The van der Waals surface area contributed by atoms with Crippen LogP contribution in [0.5, 0.6) is 0 Å². The number of rotatable bonds is 6. The van der Waals surface area contributed by atoms with Crippen LogP contribution in [0.15, 0.2) is 0 Å². The van der Waals surface area contributed by atoms with Gasteiger partial charge in [-0.2, -0.15) is 0 Å². The number of carbonyl (C=O) groups is 1. The molecule has 3 nitrogen and oxygen atoms in total. The number of halogens is 1. The minimum Gasteiger partial charge on any atom is -0.353 e. The second kappa shape index (κ2) is 9.62. The lowest BCUT2D eigenvalue weighted by molar-refractivity contribution is -0.123. The first-order chi connectivity index (χ1) is 8.17. The molecule has 108 valence electrons. The second-order valence-corrected chi connectivity index (χ2v) is 5.55. The molecule has 0 aromatic rings. The number of nitrogens with two attached hydrogens (primary N) is 1. The highest BCUT2D eigenvalue weighted by Crippen LogP contribution is 2.23. The van der Waals surface area contributed by atoms with E-state index in [4.69, 9.17) is 5.73 Å². The highest BCUT2D eigenvalue weighted by Gasteiger charge is 2.25. The number of hydrogen-bond donors (Lipinski definition) is 2. The average molecular weight is 277 g/mol. The van der Waals surface area contributed by atoms with E-state index in [1.807, 2.05) is 0 Å². The van der Waals surface area contributed by atoms with Crippen molar-refractivity contribution in [3.05, 3.63) is 0 Å². The molecule has 0 aromatic heterocycles. The number of carbonyl (C=O) groups excluding carboxylic acids is 1. The van der Waals surface area contributed by atoms with Crippen LogP contribution in [-0.4, -0.2) is 18.5 Å². The first kappa shape index (κ1) is 17.7. The van der Waals surface area contributed by atoms with Gasteiger partial charge in [-0.15, -0.1) is 12.4 Å². The molecule has 3 N–H and O–H groups in total. The summed E-state index contributed by atoms with van der Waals surface area (Å²) in [6, 6.07) is 0.329. The predicted molar refractivity (Wildman–Crippen MR) is 78.9 cm³/mol. The maximum absolute atomic E-state index is 11.9. The number of amides is 1. The Balaban J connectivity index is 0.00000289. The largest absolute Gasteiger partial charge is 0.353 e. The van der Waals surface area contributed by atoms with Crippen LogP contribution in [0, 0.1) is 11.8 Å². The maximum Gasteiger partial charge on any atom is 0.220 e. The van der Waals surface area contributed by atoms with E-state index in [1.54, 1.807) is 0 Å². The standard InChI is InChI=1S/C14H28N2O.ClH/c1-3-6-11(2)9-14(17)16-13-8-5-4-7-12(13)10-15;/h11-13H,3-10,15H2,1-2H3,(H,16,17);1H. The van der Waals surface area contributed by atoms with Crippen LogP contribution in [0.4, 0.5) is 0 Å². The van der Waals surface area contributed by atoms with Gasteiger partial charge in [0.15, 0.2) is 0 Å². The molecule has 0 bridgehead atoms. The van der Waals surface area contributed by atoms with Gasteiger partial charge in [-0.3, -0.25) is 4.79 Å². The molecular weight excluding hydrogens is 248 g/mol. The molecule has 3 atom stereocenters. The summed E-state index contributed by atoms with van der Waals surface area (Å²) in [5.74, 6) is 1.21. The van der Waals surface area contributed by atoms with Crippen LogP contribution in [0.3, 0.4) is 0 Å². The molecule has 3 unspecified atom stereocenters. The topological polar surface area (TPSA) is 55.1 Å². The third-order valence-electron chi connectivity index (χ3n) is 3.87. The molecule has 1 aliphatic carbocycles. The molecule has 1 rings (SSSR count). The molecule has 1 amide bonds. The van der Waals surface area contributed by atoms with Crippen LogP contribution >= 0.6 is 12.4 Å². The Kier molecular flexibility index (Phi) is 9.47. The van der Waals surface area contributed by atoms with Gasteiger partial charge in [-0.1, -0.05) is 39.5 Å². The normalized spacial score (nSPS) is 25.1. The minimum atomic E-state index is 0. The van der Waals surface area contributed by atoms with E-state index in [9.17, 15) is 4.79 Å². The molecule has 1 saturated carbocycles. The Hall–Kier alpha value is -0.280. The van der Waals surface area contributed by atoms with Crippen molar-refractivity contribution < 1.29 is 4.79 Å². The zero-order valence-electron chi connectivity index (χ0n) is 11.8. The van der Waals surface area contributed by atoms with Gasteiger partial charge in [0.05, 0.1) is 0 Å². The summed E-state index contributed by atoms with van der Waals surface area (Å²) in [5, 5.41) is 3.19. The van der Waals surface area contributed by atoms with Crippen molar-refractivity contribution in [1.82, 2.24) is 5.32 Å². The van der Waals surface area contributed by atoms with E-state index >= 15 is 0 Å². The smallest absolute Gasteiger partial charge is 0.220 e. The van der Waals surface area contributed by atoms with Gasteiger partial charge in [0, 0.05) is 12.5 Å². The Morgan fingerprint density at radius 1 is 1.39 bits per heavy atom. The zero-order chi connectivity index (χ0) is 12.7. The lowest BCUT2D eigenvalue weighted by Crippen LogP contribution is -2.45. The van der Waals surface area contributed by atoms with E-state index in [0.717, 1.165) is 19.3 Å². The van der Waals surface area contributed by atoms with Crippen molar-refractivity contribution in [2.75, 3.05) is 6.54 Å². The lowest BCUT2D eigenvalue weighted by Gasteiger charge is -2.31. The van der Waals surface area contributed by atoms with Gasteiger partial charge >= 0.3 is 0 Å². The number of nitrogens with one attached hydrogen (secondary N) is 1. The molecule has 0 aliphatic heterocycles. The molecule has 0 saturated heterocycles. The lowest BCUT2D eigenvalue weighted by atomic mass is 9.84. The highest BCUT2D eigenvalue weighted by atomic mass is 35.5. The molecule has 0 aromatic carbocycles. The van der Waals surface area contributed by atoms with E-state index in [0.29, 0.717) is 30.8 Å². The molecule has 0 spiro atoms. The minimum absolute atomic E-state index is 0. The summed E-state index contributed by atoms with van der Waals surface area (Å²) in [7, 11) is 0. The van der Waals surface area contributed by atoms with Gasteiger partial charge in [0.25, 0.3) is 0 Å². The van der Waals surface area contributed by atoms with Crippen LogP contribution < -0.4 is 11.1 Å². The van der Waals surface area contributed by atoms with Gasteiger partial charge < -0.3 is 11.1 Å². The van der Waals surface area contributed by atoms with Gasteiger partial charge in [0.2, 0.25) is 5.91 Å². The average Bonchev–Trinajstić information content (AvgIpc) is 2.29. The molecule has 18 heavy (non-hydrogen) atoms. The van der Waals surface area contributed by atoms with Gasteiger partial charge in [0.1, 0.15) is 0 Å². The molecule has 1 aliphatic rings. The summed E-state index contributed by atoms with van der Waals surface area (Å²) in [6.45, 7) is 5.03. The molecule has 0 heterocycles. The molecule has 1 fully saturated rings. The van der Waals surface area contributed by atoms with Crippen molar-refractivity contribution in [1.29, 1.82) is 0 Å². The van der Waals surface area contributed by atoms with Crippen molar-refractivity contribution >= 4 is 18.3 Å². The first-order valence-electron chi connectivity index (χ1n) is 7.16. The molecule has 0 radical (unpaired) electrons. The van der Waals surface area contributed by atoms with Gasteiger partial charge in [-0.05, 0) is 31.2 Å². The van der Waals surface area contributed by atoms with Gasteiger partial charge in [-0.25, -0.2) is 0 Å². The Bertz CT molecular complexity index is 236. The van der Waals surface area contributed by atoms with E-state index in [1.165, 1.54) is 19.3 Å².